The maximum Gasteiger partial charge on any atom is 0.256 e. The molecule has 2 heterocycles. The Morgan fingerprint density at radius 2 is 1.84 bits per heavy atom. The van der Waals surface area contributed by atoms with E-state index in [9.17, 15) is 14.4 Å². The second-order valence-electron chi connectivity index (χ2n) is 4.28. The zero-order valence-electron chi connectivity index (χ0n) is 9.88. The highest BCUT2D eigenvalue weighted by molar-refractivity contribution is 7.17. The molecule has 0 spiro atoms. The molecule has 1 aromatic carbocycles. The first kappa shape index (κ1) is 11.9. The number of thiophene rings is 1. The van der Waals surface area contributed by atoms with Gasteiger partial charge in [-0.25, -0.2) is 0 Å². The van der Waals surface area contributed by atoms with Crippen LogP contribution in [0.5, 0.6) is 0 Å². The van der Waals surface area contributed by atoms with Crippen molar-refractivity contribution in [1.82, 2.24) is 10.2 Å². The van der Waals surface area contributed by atoms with Gasteiger partial charge in [-0.05, 0) is 6.07 Å². The van der Waals surface area contributed by atoms with Crippen LogP contribution in [0.4, 0.5) is 0 Å². The Kier molecular flexibility index (Phi) is 2.79. The van der Waals surface area contributed by atoms with Crippen LogP contribution in [-0.4, -0.2) is 35.7 Å². The minimum atomic E-state index is -0.441. The Bertz CT molecular complexity index is 676. The Labute approximate surface area is 112 Å². The Morgan fingerprint density at radius 3 is 2.58 bits per heavy atom. The molecule has 5 nitrogen and oxygen atoms in total. The number of amides is 3. The van der Waals surface area contributed by atoms with Crippen molar-refractivity contribution in [2.45, 2.75) is 0 Å². The van der Waals surface area contributed by atoms with Gasteiger partial charge in [0.05, 0.1) is 5.56 Å². The van der Waals surface area contributed by atoms with Crippen molar-refractivity contribution in [2.24, 2.45) is 0 Å². The molecule has 3 amide bonds. The van der Waals surface area contributed by atoms with Gasteiger partial charge in [-0.1, -0.05) is 18.2 Å². The van der Waals surface area contributed by atoms with Crippen LogP contribution in [0, 0.1) is 0 Å². The summed E-state index contributed by atoms with van der Waals surface area (Å²) in [4.78, 5) is 36.2. The number of carbonyl (C=O) groups excluding carboxylic acids is 3. The van der Waals surface area contributed by atoms with Gasteiger partial charge in [-0.3, -0.25) is 19.7 Å². The first-order valence-corrected chi connectivity index (χ1v) is 6.61. The standard InChI is InChI=1S/C13H10N2O3S/c16-11-5-15(6-12(17)14-11)13(18)9-7-19-10-4-2-1-3-8(9)10/h1-4,7H,5-6H2,(H,14,16,17). The van der Waals surface area contributed by atoms with Gasteiger partial charge in [-0.2, -0.15) is 0 Å². The third-order valence-corrected chi connectivity index (χ3v) is 3.91. The van der Waals surface area contributed by atoms with E-state index in [1.54, 1.807) is 5.38 Å². The van der Waals surface area contributed by atoms with E-state index in [1.165, 1.54) is 16.2 Å². The molecule has 1 N–H and O–H groups in total. The SMILES string of the molecule is O=C1CN(C(=O)c2csc3ccccc23)CC(=O)N1. The average molecular weight is 274 g/mol. The third-order valence-electron chi connectivity index (χ3n) is 2.95. The Hall–Kier alpha value is -2.21. The molecule has 0 aliphatic carbocycles. The van der Waals surface area contributed by atoms with Crippen LogP contribution in [-0.2, 0) is 9.59 Å². The first-order valence-electron chi connectivity index (χ1n) is 5.73. The van der Waals surface area contributed by atoms with Gasteiger partial charge >= 0.3 is 0 Å². The number of benzene rings is 1. The molecule has 96 valence electrons. The summed E-state index contributed by atoms with van der Waals surface area (Å²) in [6, 6.07) is 7.57. The van der Waals surface area contributed by atoms with E-state index < -0.39 is 11.8 Å². The predicted molar refractivity (Wildman–Crippen MR) is 70.9 cm³/mol. The van der Waals surface area contributed by atoms with Crippen LogP contribution in [0.15, 0.2) is 29.6 Å². The molecule has 1 fully saturated rings. The number of imide groups is 1. The lowest BCUT2D eigenvalue weighted by molar-refractivity contribution is -0.135. The summed E-state index contributed by atoms with van der Waals surface area (Å²) in [5, 5.41) is 4.80. The molecule has 1 aromatic heterocycles. The molecular formula is C13H10N2O3S. The monoisotopic (exact) mass is 274 g/mol. The van der Waals surface area contributed by atoms with Crippen molar-refractivity contribution < 1.29 is 14.4 Å². The Morgan fingerprint density at radius 1 is 1.16 bits per heavy atom. The smallest absolute Gasteiger partial charge is 0.256 e. The van der Waals surface area contributed by atoms with E-state index in [0.29, 0.717) is 5.56 Å². The average Bonchev–Trinajstić information content (AvgIpc) is 2.80. The zero-order chi connectivity index (χ0) is 13.4. The van der Waals surface area contributed by atoms with E-state index in [4.69, 9.17) is 0 Å². The van der Waals surface area contributed by atoms with Crippen LogP contribution in [0.25, 0.3) is 10.1 Å². The molecular weight excluding hydrogens is 264 g/mol. The summed E-state index contributed by atoms with van der Waals surface area (Å²) in [6.07, 6.45) is 0. The molecule has 0 saturated carbocycles. The van der Waals surface area contributed by atoms with E-state index in [0.717, 1.165) is 10.1 Å². The molecule has 3 rings (SSSR count). The maximum atomic E-state index is 12.4. The van der Waals surface area contributed by atoms with Crippen molar-refractivity contribution in [3.63, 3.8) is 0 Å². The van der Waals surface area contributed by atoms with Crippen LogP contribution in [0.2, 0.25) is 0 Å². The number of nitrogens with zero attached hydrogens (tertiary/aromatic N) is 1. The number of fused-ring (bicyclic) bond motifs is 1. The number of hydrogen-bond acceptors (Lipinski definition) is 4. The van der Waals surface area contributed by atoms with E-state index in [-0.39, 0.29) is 19.0 Å². The number of rotatable bonds is 1. The largest absolute Gasteiger partial charge is 0.320 e. The highest BCUT2D eigenvalue weighted by Gasteiger charge is 2.28. The molecule has 0 atom stereocenters. The van der Waals surface area contributed by atoms with Crippen molar-refractivity contribution >= 4 is 39.1 Å². The quantitative estimate of drug-likeness (QED) is 0.789. The minimum absolute atomic E-state index is 0.0747. The molecule has 0 bridgehead atoms. The van der Waals surface area contributed by atoms with Crippen LogP contribution in [0.1, 0.15) is 10.4 Å². The fraction of sp³-hybridized carbons (Fsp3) is 0.154. The lowest BCUT2D eigenvalue weighted by Gasteiger charge is -2.25. The predicted octanol–water partition coefficient (Wildman–Crippen LogP) is 1.000. The van der Waals surface area contributed by atoms with Crippen LogP contribution in [0.3, 0.4) is 0 Å². The van der Waals surface area contributed by atoms with Crippen molar-refractivity contribution in [3.8, 4) is 0 Å². The summed E-state index contributed by atoms with van der Waals surface area (Å²) in [5.74, 6) is -1.16. The fourth-order valence-electron chi connectivity index (χ4n) is 2.09. The second kappa shape index (κ2) is 4.47. The van der Waals surface area contributed by atoms with E-state index in [2.05, 4.69) is 5.32 Å². The summed E-state index contributed by atoms with van der Waals surface area (Å²) in [6.45, 7) is -0.149. The summed E-state index contributed by atoms with van der Waals surface area (Å²) in [5.41, 5.74) is 0.545. The number of carbonyl (C=O) groups is 3. The van der Waals surface area contributed by atoms with Crippen molar-refractivity contribution in [3.05, 3.63) is 35.2 Å². The van der Waals surface area contributed by atoms with Gasteiger partial charge < -0.3 is 4.90 Å². The molecule has 1 aliphatic rings. The summed E-state index contributed by atoms with van der Waals surface area (Å²) in [7, 11) is 0. The lowest BCUT2D eigenvalue weighted by Crippen LogP contribution is -2.53. The highest BCUT2D eigenvalue weighted by atomic mass is 32.1. The molecule has 0 radical (unpaired) electrons. The maximum absolute atomic E-state index is 12.4. The topological polar surface area (TPSA) is 66.5 Å². The molecule has 2 aromatic rings. The van der Waals surface area contributed by atoms with Gasteiger partial charge in [0.15, 0.2) is 0 Å². The molecule has 1 saturated heterocycles. The normalized spacial score (nSPS) is 15.7. The molecule has 1 aliphatic heterocycles. The number of hydrogen-bond donors (Lipinski definition) is 1. The van der Waals surface area contributed by atoms with Crippen molar-refractivity contribution in [2.75, 3.05) is 13.1 Å². The van der Waals surface area contributed by atoms with Crippen molar-refractivity contribution in [1.29, 1.82) is 0 Å². The van der Waals surface area contributed by atoms with Gasteiger partial charge in [0.2, 0.25) is 11.8 Å². The van der Waals surface area contributed by atoms with Crippen LogP contribution >= 0.6 is 11.3 Å². The minimum Gasteiger partial charge on any atom is -0.320 e. The summed E-state index contributed by atoms with van der Waals surface area (Å²) < 4.78 is 1.01. The second-order valence-corrected chi connectivity index (χ2v) is 5.19. The number of piperazine rings is 1. The lowest BCUT2D eigenvalue weighted by atomic mass is 10.1. The molecule has 19 heavy (non-hydrogen) atoms. The van der Waals surface area contributed by atoms with Gasteiger partial charge in [-0.15, -0.1) is 11.3 Å². The first-order chi connectivity index (χ1) is 9.15. The molecule has 0 unspecified atom stereocenters. The highest BCUT2D eigenvalue weighted by Crippen LogP contribution is 2.26. The van der Waals surface area contributed by atoms with Gasteiger partial charge in [0, 0.05) is 15.5 Å². The third kappa shape index (κ3) is 2.10. The van der Waals surface area contributed by atoms with Gasteiger partial charge in [0.1, 0.15) is 13.1 Å². The van der Waals surface area contributed by atoms with E-state index >= 15 is 0 Å². The number of nitrogens with one attached hydrogen (secondary N) is 1. The Balaban J connectivity index is 1.95. The zero-order valence-corrected chi connectivity index (χ0v) is 10.7. The fourth-order valence-corrected chi connectivity index (χ4v) is 3.03. The summed E-state index contributed by atoms with van der Waals surface area (Å²) >= 11 is 1.47. The van der Waals surface area contributed by atoms with Gasteiger partial charge in [0.25, 0.3) is 5.91 Å². The molecule has 6 heteroatoms. The van der Waals surface area contributed by atoms with Crippen LogP contribution < -0.4 is 5.32 Å². The van der Waals surface area contributed by atoms with E-state index in [1.807, 2.05) is 24.3 Å².